The summed E-state index contributed by atoms with van der Waals surface area (Å²) >= 11 is 0. The monoisotopic (exact) mass is 446 g/mol. The Morgan fingerprint density at radius 1 is 1.12 bits per heavy atom. The van der Waals surface area contributed by atoms with Crippen molar-refractivity contribution < 1.29 is 29.0 Å². The number of β-amino-alcohol motifs (C(OH)–C–C–N with tert-alkyl or cyclic N) is 1. The molecule has 0 aromatic carbocycles. The first-order valence-electron chi connectivity index (χ1n) is 11.6. The Bertz CT molecular complexity index is 861. The SMILES string of the molecule is CC[C@@]12/C=C\CCCOC(=O)[C@@H]1[C@H]1C(=O)N(CCO)C3C(=O)N(C(C)(C)C)CC=C[C@@]31O2. The lowest BCUT2D eigenvalue weighted by Crippen LogP contribution is -2.59. The Balaban J connectivity index is 1.91. The van der Waals surface area contributed by atoms with E-state index in [0.717, 1.165) is 6.42 Å². The molecule has 2 saturated heterocycles. The summed E-state index contributed by atoms with van der Waals surface area (Å²) in [5.74, 6) is -2.80. The lowest BCUT2D eigenvalue weighted by Gasteiger charge is -2.41. The molecule has 0 saturated carbocycles. The van der Waals surface area contributed by atoms with E-state index < -0.39 is 40.6 Å². The summed E-state index contributed by atoms with van der Waals surface area (Å²) in [5.41, 5.74) is -2.81. The molecule has 4 aliphatic heterocycles. The number of nitrogens with zero attached hydrogens (tertiary/aromatic N) is 2. The van der Waals surface area contributed by atoms with Crippen molar-refractivity contribution in [2.75, 3.05) is 26.3 Å². The van der Waals surface area contributed by atoms with Crippen LogP contribution in [0.4, 0.5) is 0 Å². The predicted octanol–water partition coefficient (Wildman–Crippen LogP) is 1.43. The smallest absolute Gasteiger partial charge is 0.313 e. The molecular formula is C24H34N2O6. The fourth-order valence-corrected chi connectivity index (χ4v) is 5.83. The van der Waals surface area contributed by atoms with Crippen LogP contribution in [-0.2, 0) is 23.9 Å². The van der Waals surface area contributed by atoms with Crippen molar-refractivity contribution in [2.24, 2.45) is 11.8 Å². The van der Waals surface area contributed by atoms with Crippen LogP contribution in [0.5, 0.6) is 0 Å². The van der Waals surface area contributed by atoms with Crippen molar-refractivity contribution in [2.45, 2.75) is 69.7 Å². The normalized spacial score (nSPS) is 38.3. The highest BCUT2D eigenvalue weighted by Gasteiger charge is 2.75. The number of fused-ring (bicyclic) bond motifs is 2. The van der Waals surface area contributed by atoms with Crippen LogP contribution in [0.3, 0.4) is 0 Å². The van der Waals surface area contributed by atoms with Crippen LogP contribution in [-0.4, -0.2) is 81.8 Å². The second-order valence-corrected chi connectivity index (χ2v) is 10.1. The number of aliphatic hydroxyl groups excluding tert-OH is 1. The lowest BCUT2D eigenvalue weighted by molar-refractivity contribution is -0.162. The number of carbonyl (C=O) groups is 3. The molecule has 4 heterocycles. The first-order valence-corrected chi connectivity index (χ1v) is 11.6. The van der Waals surface area contributed by atoms with E-state index in [9.17, 15) is 19.5 Å². The molecule has 0 aromatic heterocycles. The summed E-state index contributed by atoms with van der Waals surface area (Å²) in [6.07, 6.45) is 9.49. The highest BCUT2D eigenvalue weighted by molar-refractivity contribution is 5.99. The number of likely N-dealkylation sites (tertiary alicyclic amines) is 1. The van der Waals surface area contributed by atoms with Gasteiger partial charge >= 0.3 is 5.97 Å². The van der Waals surface area contributed by atoms with Gasteiger partial charge in [0.15, 0.2) is 0 Å². The molecule has 8 heteroatoms. The number of esters is 1. The minimum Gasteiger partial charge on any atom is -0.465 e. The van der Waals surface area contributed by atoms with E-state index in [2.05, 4.69) is 0 Å². The van der Waals surface area contributed by atoms with Crippen molar-refractivity contribution in [1.82, 2.24) is 9.80 Å². The Labute approximate surface area is 189 Å². The molecule has 0 radical (unpaired) electrons. The summed E-state index contributed by atoms with van der Waals surface area (Å²) in [5, 5.41) is 9.70. The van der Waals surface area contributed by atoms with Gasteiger partial charge in [-0.1, -0.05) is 31.2 Å². The van der Waals surface area contributed by atoms with Crippen LogP contribution in [0.15, 0.2) is 24.3 Å². The van der Waals surface area contributed by atoms with Gasteiger partial charge < -0.3 is 24.4 Å². The zero-order valence-corrected chi connectivity index (χ0v) is 19.4. The van der Waals surface area contributed by atoms with Crippen molar-refractivity contribution in [3.05, 3.63) is 24.3 Å². The number of hydrogen-bond acceptors (Lipinski definition) is 6. The van der Waals surface area contributed by atoms with Gasteiger partial charge in [0.1, 0.15) is 23.2 Å². The fourth-order valence-electron chi connectivity index (χ4n) is 5.83. The van der Waals surface area contributed by atoms with E-state index in [0.29, 0.717) is 19.4 Å². The molecule has 32 heavy (non-hydrogen) atoms. The van der Waals surface area contributed by atoms with E-state index in [4.69, 9.17) is 9.47 Å². The number of ether oxygens (including phenoxy) is 2. The van der Waals surface area contributed by atoms with Gasteiger partial charge in [0, 0.05) is 18.6 Å². The minimum atomic E-state index is -1.30. The largest absolute Gasteiger partial charge is 0.465 e. The number of hydrogen-bond donors (Lipinski definition) is 1. The highest BCUT2D eigenvalue weighted by Crippen LogP contribution is 2.58. The average Bonchev–Trinajstić information content (AvgIpc) is 3.09. The molecule has 176 valence electrons. The summed E-state index contributed by atoms with van der Waals surface area (Å²) in [6.45, 7) is 8.14. The van der Waals surface area contributed by atoms with Gasteiger partial charge in [-0.3, -0.25) is 14.4 Å². The number of amides is 2. The maximum Gasteiger partial charge on any atom is 0.313 e. The van der Waals surface area contributed by atoms with Gasteiger partial charge in [-0.2, -0.15) is 0 Å². The minimum absolute atomic E-state index is 0.000591. The third-order valence-electron chi connectivity index (χ3n) is 7.28. The second kappa shape index (κ2) is 7.99. The molecule has 1 N–H and O–H groups in total. The maximum absolute atomic E-state index is 13.9. The van der Waals surface area contributed by atoms with Crippen LogP contribution in [0.2, 0.25) is 0 Å². The molecule has 0 aliphatic carbocycles. The van der Waals surface area contributed by atoms with E-state index in [1.807, 2.05) is 52.0 Å². The molecule has 0 bridgehead atoms. The number of carbonyl (C=O) groups excluding carboxylic acids is 3. The Hall–Kier alpha value is -2.19. The van der Waals surface area contributed by atoms with E-state index in [1.165, 1.54) is 4.90 Å². The fraction of sp³-hybridized carbons (Fsp3) is 0.708. The zero-order valence-electron chi connectivity index (χ0n) is 19.4. The lowest BCUT2D eigenvalue weighted by atomic mass is 9.73. The number of cyclic esters (lactones) is 1. The first-order chi connectivity index (χ1) is 15.1. The molecule has 1 unspecified atom stereocenters. The molecule has 0 aromatic rings. The summed E-state index contributed by atoms with van der Waals surface area (Å²) in [7, 11) is 0. The van der Waals surface area contributed by atoms with Crippen LogP contribution in [0.25, 0.3) is 0 Å². The van der Waals surface area contributed by atoms with Crippen LogP contribution in [0, 0.1) is 11.8 Å². The molecule has 2 fully saturated rings. The number of rotatable bonds is 3. The van der Waals surface area contributed by atoms with Crippen LogP contribution in [0.1, 0.15) is 47.0 Å². The van der Waals surface area contributed by atoms with E-state index >= 15 is 0 Å². The quantitative estimate of drug-likeness (QED) is 0.521. The zero-order chi connectivity index (χ0) is 23.3. The van der Waals surface area contributed by atoms with Crippen molar-refractivity contribution >= 4 is 17.8 Å². The summed E-state index contributed by atoms with van der Waals surface area (Å²) < 4.78 is 12.3. The second-order valence-electron chi connectivity index (χ2n) is 10.1. The van der Waals surface area contributed by atoms with Gasteiger partial charge in [0.2, 0.25) is 11.8 Å². The molecule has 8 nitrogen and oxygen atoms in total. The molecule has 4 rings (SSSR count). The Kier molecular flexibility index (Phi) is 5.74. The molecule has 1 spiro atoms. The Morgan fingerprint density at radius 3 is 2.53 bits per heavy atom. The van der Waals surface area contributed by atoms with Gasteiger partial charge in [0.05, 0.1) is 19.1 Å². The van der Waals surface area contributed by atoms with Crippen LogP contribution >= 0.6 is 0 Å². The van der Waals surface area contributed by atoms with Crippen LogP contribution < -0.4 is 0 Å². The van der Waals surface area contributed by atoms with Gasteiger partial charge in [-0.15, -0.1) is 0 Å². The topological polar surface area (TPSA) is 96.4 Å². The molecule has 4 aliphatic rings. The molecular weight excluding hydrogens is 412 g/mol. The van der Waals surface area contributed by atoms with Gasteiger partial charge in [-0.25, -0.2) is 0 Å². The molecule has 2 amide bonds. The number of aliphatic hydroxyl groups is 1. The maximum atomic E-state index is 13.9. The first kappa shape index (κ1) is 23.0. The third-order valence-corrected chi connectivity index (χ3v) is 7.28. The van der Waals surface area contributed by atoms with Crippen molar-refractivity contribution in [3.8, 4) is 0 Å². The average molecular weight is 447 g/mol. The third kappa shape index (κ3) is 3.22. The Morgan fingerprint density at radius 2 is 1.88 bits per heavy atom. The molecule has 5 atom stereocenters. The summed E-state index contributed by atoms with van der Waals surface area (Å²) in [4.78, 5) is 44.1. The number of allylic oxidation sites excluding steroid dienone is 1. The van der Waals surface area contributed by atoms with Crippen molar-refractivity contribution in [1.29, 1.82) is 0 Å². The van der Waals surface area contributed by atoms with Crippen molar-refractivity contribution in [3.63, 3.8) is 0 Å². The van der Waals surface area contributed by atoms with Gasteiger partial charge in [0.25, 0.3) is 0 Å². The summed E-state index contributed by atoms with van der Waals surface area (Å²) in [6, 6.07) is -0.954. The van der Waals surface area contributed by atoms with E-state index in [-0.39, 0.29) is 31.6 Å². The van der Waals surface area contributed by atoms with Gasteiger partial charge in [-0.05, 0) is 40.0 Å². The predicted molar refractivity (Wildman–Crippen MR) is 116 cm³/mol. The highest BCUT2D eigenvalue weighted by atomic mass is 16.6. The standard InChI is InChI=1S/C24H34N2O6/c1-5-23-10-7-6-8-15-31-21(30)17(23)16-19(28)25(13-14-27)18-20(29)26(22(2,3)4)12-9-11-24(16,18)32-23/h7,9-11,16-18,27H,5-6,8,12-15H2,1-4H3/b10-7-/t16-,17-,18?,23+,24-/m0/s1. The van der Waals surface area contributed by atoms with E-state index in [1.54, 1.807) is 4.90 Å².